The van der Waals surface area contributed by atoms with Gasteiger partial charge in [0.2, 0.25) is 0 Å². The fraction of sp³-hybridized carbons (Fsp3) is 0.111. The van der Waals surface area contributed by atoms with Gasteiger partial charge in [0.1, 0.15) is 0 Å². The highest BCUT2D eigenvalue weighted by molar-refractivity contribution is 9.10. The predicted octanol–water partition coefficient (Wildman–Crippen LogP) is 5.57. The number of halogens is 2. The van der Waals surface area contributed by atoms with E-state index >= 15 is 0 Å². The van der Waals surface area contributed by atoms with Gasteiger partial charge in [0.05, 0.1) is 17.8 Å². The standard InChI is InChI=1S/C18H14BrClN2O2/c1-2-24-18(23)17-10-16(21-13-6-3-11(19)4-7-13)14-9-12(20)5-8-15(14)22-17/h3-10H,2H2,1H3,(H,21,22). The minimum Gasteiger partial charge on any atom is -0.461 e. The Morgan fingerprint density at radius 1 is 1.21 bits per heavy atom. The van der Waals surface area contributed by atoms with Crippen molar-refractivity contribution >= 4 is 55.8 Å². The summed E-state index contributed by atoms with van der Waals surface area (Å²) in [5, 5.41) is 4.75. The number of esters is 1. The number of rotatable bonds is 4. The van der Waals surface area contributed by atoms with Crippen molar-refractivity contribution in [3.05, 3.63) is 63.7 Å². The maximum atomic E-state index is 12.1. The van der Waals surface area contributed by atoms with E-state index in [-0.39, 0.29) is 5.69 Å². The molecule has 0 fully saturated rings. The maximum Gasteiger partial charge on any atom is 0.357 e. The van der Waals surface area contributed by atoms with Crippen LogP contribution in [-0.2, 0) is 4.74 Å². The Morgan fingerprint density at radius 3 is 2.67 bits per heavy atom. The molecule has 4 nitrogen and oxygen atoms in total. The van der Waals surface area contributed by atoms with E-state index in [9.17, 15) is 4.79 Å². The molecule has 0 unspecified atom stereocenters. The Kier molecular flexibility index (Phi) is 5.02. The summed E-state index contributed by atoms with van der Waals surface area (Å²) in [5.74, 6) is -0.451. The lowest BCUT2D eigenvalue weighted by Crippen LogP contribution is -2.08. The Morgan fingerprint density at radius 2 is 1.96 bits per heavy atom. The van der Waals surface area contributed by atoms with Crippen LogP contribution in [0.3, 0.4) is 0 Å². The zero-order valence-corrected chi connectivity index (χ0v) is 15.2. The second kappa shape index (κ2) is 7.20. The molecule has 122 valence electrons. The summed E-state index contributed by atoms with van der Waals surface area (Å²) in [5.41, 5.74) is 2.56. The third-order valence-corrected chi connectivity index (χ3v) is 4.14. The first kappa shape index (κ1) is 16.7. The van der Waals surface area contributed by atoms with Crippen molar-refractivity contribution in [3.63, 3.8) is 0 Å². The van der Waals surface area contributed by atoms with E-state index < -0.39 is 5.97 Å². The highest BCUT2D eigenvalue weighted by Crippen LogP contribution is 2.29. The van der Waals surface area contributed by atoms with Crippen molar-refractivity contribution in [3.8, 4) is 0 Å². The Labute approximate surface area is 152 Å². The lowest BCUT2D eigenvalue weighted by atomic mass is 10.1. The van der Waals surface area contributed by atoms with Gasteiger partial charge in [-0.2, -0.15) is 0 Å². The van der Waals surface area contributed by atoms with Crippen LogP contribution in [0.5, 0.6) is 0 Å². The zero-order chi connectivity index (χ0) is 17.1. The fourth-order valence-corrected chi connectivity index (χ4v) is 2.74. The van der Waals surface area contributed by atoms with Gasteiger partial charge in [0, 0.05) is 20.6 Å². The first-order chi connectivity index (χ1) is 11.6. The molecule has 0 atom stereocenters. The minimum atomic E-state index is -0.451. The van der Waals surface area contributed by atoms with Gasteiger partial charge < -0.3 is 10.1 Å². The number of nitrogens with zero attached hydrogens (tertiary/aromatic N) is 1. The van der Waals surface area contributed by atoms with E-state index in [4.69, 9.17) is 16.3 Å². The lowest BCUT2D eigenvalue weighted by Gasteiger charge is -2.12. The molecule has 6 heteroatoms. The molecule has 0 saturated carbocycles. The topological polar surface area (TPSA) is 51.2 Å². The number of pyridine rings is 1. The highest BCUT2D eigenvalue weighted by atomic mass is 79.9. The molecule has 0 spiro atoms. The van der Waals surface area contributed by atoms with Crippen molar-refractivity contribution in [1.29, 1.82) is 0 Å². The van der Waals surface area contributed by atoms with Gasteiger partial charge in [-0.25, -0.2) is 9.78 Å². The van der Waals surface area contributed by atoms with Crippen LogP contribution in [-0.4, -0.2) is 17.6 Å². The summed E-state index contributed by atoms with van der Waals surface area (Å²) in [6.45, 7) is 2.06. The quantitative estimate of drug-likeness (QED) is 0.576. The average molecular weight is 406 g/mol. The maximum absolute atomic E-state index is 12.1. The monoisotopic (exact) mass is 404 g/mol. The van der Waals surface area contributed by atoms with E-state index in [0.29, 0.717) is 17.1 Å². The average Bonchev–Trinajstić information content (AvgIpc) is 2.57. The molecule has 1 heterocycles. The molecule has 2 aromatic carbocycles. The van der Waals surface area contributed by atoms with Gasteiger partial charge in [-0.15, -0.1) is 0 Å². The number of ether oxygens (including phenoxy) is 1. The number of aromatic nitrogens is 1. The van der Waals surface area contributed by atoms with Crippen LogP contribution < -0.4 is 5.32 Å². The minimum absolute atomic E-state index is 0.256. The van der Waals surface area contributed by atoms with Crippen LogP contribution in [0.4, 0.5) is 11.4 Å². The molecule has 0 bridgehead atoms. The number of nitrogens with one attached hydrogen (secondary N) is 1. The molecule has 0 amide bonds. The highest BCUT2D eigenvalue weighted by Gasteiger charge is 2.13. The van der Waals surface area contributed by atoms with Gasteiger partial charge in [0.15, 0.2) is 5.69 Å². The molecule has 1 N–H and O–H groups in total. The Bertz CT molecular complexity index is 897. The second-order valence-corrected chi connectivity index (χ2v) is 6.42. The zero-order valence-electron chi connectivity index (χ0n) is 12.8. The molecular weight excluding hydrogens is 392 g/mol. The van der Waals surface area contributed by atoms with E-state index in [0.717, 1.165) is 21.2 Å². The first-order valence-corrected chi connectivity index (χ1v) is 8.54. The Hall–Kier alpha value is -2.11. The van der Waals surface area contributed by atoms with E-state index in [2.05, 4.69) is 26.2 Å². The SMILES string of the molecule is CCOC(=O)c1cc(Nc2ccc(Br)cc2)c2cc(Cl)ccc2n1. The van der Waals surface area contributed by atoms with Crippen molar-refractivity contribution in [2.24, 2.45) is 0 Å². The molecule has 3 rings (SSSR count). The number of carbonyl (C=O) groups excluding carboxylic acids is 1. The number of hydrogen-bond acceptors (Lipinski definition) is 4. The Balaban J connectivity index is 2.10. The van der Waals surface area contributed by atoms with Gasteiger partial charge in [-0.05, 0) is 55.5 Å². The second-order valence-electron chi connectivity index (χ2n) is 5.07. The number of benzene rings is 2. The lowest BCUT2D eigenvalue weighted by molar-refractivity contribution is 0.0520. The summed E-state index contributed by atoms with van der Waals surface area (Å²) >= 11 is 9.52. The van der Waals surface area contributed by atoms with E-state index in [1.165, 1.54) is 0 Å². The van der Waals surface area contributed by atoms with Crippen LogP contribution in [0, 0.1) is 0 Å². The first-order valence-electron chi connectivity index (χ1n) is 7.37. The summed E-state index contributed by atoms with van der Waals surface area (Å²) in [4.78, 5) is 16.4. The normalized spacial score (nSPS) is 10.6. The van der Waals surface area contributed by atoms with Crippen LogP contribution >= 0.6 is 27.5 Å². The van der Waals surface area contributed by atoms with Gasteiger partial charge in [0.25, 0.3) is 0 Å². The predicted molar refractivity (Wildman–Crippen MR) is 100 cm³/mol. The van der Waals surface area contributed by atoms with E-state index in [1.54, 1.807) is 25.1 Å². The summed E-state index contributed by atoms with van der Waals surface area (Å²) in [6, 6.07) is 14.8. The van der Waals surface area contributed by atoms with Crippen molar-refractivity contribution in [2.75, 3.05) is 11.9 Å². The van der Waals surface area contributed by atoms with Crippen LogP contribution in [0.25, 0.3) is 10.9 Å². The molecule has 0 aliphatic rings. The van der Waals surface area contributed by atoms with Gasteiger partial charge >= 0.3 is 5.97 Å². The van der Waals surface area contributed by atoms with Crippen molar-refractivity contribution in [2.45, 2.75) is 6.92 Å². The summed E-state index contributed by atoms with van der Waals surface area (Å²) in [6.07, 6.45) is 0. The molecule has 0 saturated heterocycles. The summed E-state index contributed by atoms with van der Waals surface area (Å²) in [7, 11) is 0. The molecule has 0 aliphatic carbocycles. The molecule has 3 aromatic rings. The molecule has 0 aliphatic heterocycles. The fourth-order valence-electron chi connectivity index (χ4n) is 2.30. The molecule has 24 heavy (non-hydrogen) atoms. The number of carbonyl (C=O) groups is 1. The largest absolute Gasteiger partial charge is 0.461 e. The van der Waals surface area contributed by atoms with Crippen molar-refractivity contribution < 1.29 is 9.53 Å². The summed E-state index contributed by atoms with van der Waals surface area (Å²) < 4.78 is 6.05. The number of anilines is 2. The van der Waals surface area contributed by atoms with Gasteiger partial charge in [-0.3, -0.25) is 0 Å². The van der Waals surface area contributed by atoms with Crippen LogP contribution in [0.1, 0.15) is 17.4 Å². The third kappa shape index (κ3) is 3.68. The van der Waals surface area contributed by atoms with Crippen LogP contribution in [0.15, 0.2) is 53.0 Å². The van der Waals surface area contributed by atoms with Crippen molar-refractivity contribution in [1.82, 2.24) is 4.98 Å². The van der Waals surface area contributed by atoms with Gasteiger partial charge in [-0.1, -0.05) is 27.5 Å². The molecule has 1 aromatic heterocycles. The van der Waals surface area contributed by atoms with E-state index in [1.807, 2.05) is 30.3 Å². The molecule has 0 radical (unpaired) electrons. The smallest absolute Gasteiger partial charge is 0.357 e. The number of fused-ring (bicyclic) bond motifs is 1. The number of hydrogen-bond donors (Lipinski definition) is 1. The third-order valence-electron chi connectivity index (χ3n) is 3.38. The molecular formula is C18H14BrClN2O2. The van der Waals surface area contributed by atoms with Crippen LogP contribution in [0.2, 0.25) is 5.02 Å².